The Balaban J connectivity index is 1.97. The van der Waals surface area contributed by atoms with Crippen molar-refractivity contribution in [3.05, 3.63) is 65.2 Å². The van der Waals surface area contributed by atoms with Crippen LogP contribution in [0.15, 0.2) is 48.5 Å². The number of amides is 2. The van der Waals surface area contributed by atoms with Crippen LogP contribution in [-0.4, -0.2) is 11.8 Å². The van der Waals surface area contributed by atoms with Crippen LogP contribution >= 0.6 is 0 Å². The average Bonchev–Trinajstić information content (AvgIpc) is 2.56. The summed E-state index contributed by atoms with van der Waals surface area (Å²) in [5, 5.41) is 14.1. The highest BCUT2D eigenvalue weighted by molar-refractivity contribution is 5.92. The molecular formula is C19H19N3O2. The number of carbonyl (C=O) groups excluding carboxylic acids is 2. The molecule has 5 heteroatoms. The molecule has 2 rings (SSSR count). The molecular weight excluding hydrogens is 302 g/mol. The van der Waals surface area contributed by atoms with Crippen molar-refractivity contribution in [2.45, 2.75) is 26.3 Å². The summed E-state index contributed by atoms with van der Waals surface area (Å²) in [7, 11) is 0. The largest absolute Gasteiger partial charge is 0.352 e. The van der Waals surface area contributed by atoms with Gasteiger partial charge < -0.3 is 10.6 Å². The SMILES string of the molecule is Cc1ccccc1CC(=O)NCc1ccccc1NC(=O)CC#N. The first kappa shape index (κ1) is 17.2. The van der Waals surface area contributed by atoms with Gasteiger partial charge in [-0.05, 0) is 29.7 Å². The monoisotopic (exact) mass is 321 g/mol. The van der Waals surface area contributed by atoms with Crippen LogP contribution in [0, 0.1) is 18.3 Å². The van der Waals surface area contributed by atoms with Crippen LogP contribution in [0.4, 0.5) is 5.69 Å². The van der Waals surface area contributed by atoms with Crippen LogP contribution in [0.2, 0.25) is 0 Å². The third-order valence-electron chi connectivity index (χ3n) is 3.62. The second-order valence-electron chi connectivity index (χ2n) is 5.42. The van der Waals surface area contributed by atoms with Crippen molar-refractivity contribution in [3.8, 4) is 6.07 Å². The molecule has 2 amide bonds. The molecule has 0 aliphatic rings. The number of nitrogens with one attached hydrogen (secondary N) is 2. The molecule has 0 saturated carbocycles. The maximum absolute atomic E-state index is 12.1. The minimum absolute atomic E-state index is 0.0811. The number of rotatable bonds is 6. The second-order valence-corrected chi connectivity index (χ2v) is 5.42. The Morgan fingerprint density at radius 2 is 1.67 bits per heavy atom. The maximum atomic E-state index is 12.1. The normalized spacial score (nSPS) is 9.83. The predicted molar refractivity (Wildman–Crippen MR) is 92.0 cm³/mol. The van der Waals surface area contributed by atoms with Gasteiger partial charge in [0.2, 0.25) is 11.8 Å². The van der Waals surface area contributed by atoms with Crippen LogP contribution in [0.25, 0.3) is 0 Å². The molecule has 0 atom stereocenters. The topological polar surface area (TPSA) is 82.0 Å². The highest BCUT2D eigenvalue weighted by atomic mass is 16.2. The summed E-state index contributed by atoms with van der Waals surface area (Å²) in [6.07, 6.45) is 0.115. The number of benzene rings is 2. The third kappa shape index (κ3) is 4.96. The van der Waals surface area contributed by atoms with E-state index < -0.39 is 0 Å². The van der Waals surface area contributed by atoms with E-state index in [2.05, 4.69) is 10.6 Å². The first-order chi connectivity index (χ1) is 11.6. The standard InChI is InChI=1S/C19H19N3O2/c1-14-6-2-3-7-15(14)12-19(24)21-13-16-8-4-5-9-17(16)22-18(23)10-11-20/h2-9H,10,12-13H2,1H3,(H,21,24)(H,22,23). The summed E-state index contributed by atoms with van der Waals surface area (Å²) in [6.45, 7) is 2.29. The van der Waals surface area contributed by atoms with Crippen molar-refractivity contribution < 1.29 is 9.59 Å². The van der Waals surface area contributed by atoms with Gasteiger partial charge in [0.1, 0.15) is 6.42 Å². The number of anilines is 1. The molecule has 2 N–H and O–H groups in total. The number of hydrogen-bond acceptors (Lipinski definition) is 3. The number of para-hydroxylation sites is 1. The zero-order valence-corrected chi connectivity index (χ0v) is 13.5. The maximum Gasteiger partial charge on any atom is 0.238 e. The van der Waals surface area contributed by atoms with Crippen LogP contribution in [0.5, 0.6) is 0 Å². The number of nitriles is 1. The molecule has 0 heterocycles. The van der Waals surface area contributed by atoms with Gasteiger partial charge >= 0.3 is 0 Å². The van der Waals surface area contributed by atoms with Gasteiger partial charge in [-0.3, -0.25) is 9.59 Å². The highest BCUT2D eigenvalue weighted by Crippen LogP contribution is 2.15. The van der Waals surface area contributed by atoms with Crippen molar-refractivity contribution in [2.24, 2.45) is 0 Å². The fourth-order valence-corrected chi connectivity index (χ4v) is 2.30. The molecule has 0 bridgehead atoms. The molecule has 0 unspecified atom stereocenters. The van der Waals surface area contributed by atoms with E-state index in [0.717, 1.165) is 16.7 Å². The highest BCUT2D eigenvalue weighted by Gasteiger charge is 2.09. The van der Waals surface area contributed by atoms with Crippen molar-refractivity contribution in [2.75, 3.05) is 5.32 Å². The molecule has 0 fully saturated rings. The fourth-order valence-electron chi connectivity index (χ4n) is 2.30. The van der Waals surface area contributed by atoms with E-state index in [-0.39, 0.29) is 18.2 Å². The first-order valence-corrected chi connectivity index (χ1v) is 7.66. The smallest absolute Gasteiger partial charge is 0.238 e. The van der Waals surface area contributed by atoms with Crippen LogP contribution in [0.1, 0.15) is 23.1 Å². The Morgan fingerprint density at radius 3 is 2.38 bits per heavy atom. The van der Waals surface area contributed by atoms with Gasteiger partial charge in [-0.15, -0.1) is 0 Å². The van der Waals surface area contributed by atoms with E-state index in [1.54, 1.807) is 12.1 Å². The van der Waals surface area contributed by atoms with Gasteiger partial charge in [-0.25, -0.2) is 0 Å². The number of hydrogen-bond donors (Lipinski definition) is 2. The molecule has 0 saturated heterocycles. The summed E-state index contributed by atoms with van der Waals surface area (Å²) < 4.78 is 0. The first-order valence-electron chi connectivity index (χ1n) is 7.66. The van der Waals surface area contributed by atoms with Gasteiger partial charge in [-0.2, -0.15) is 5.26 Å². The lowest BCUT2D eigenvalue weighted by molar-refractivity contribution is -0.120. The van der Waals surface area contributed by atoms with Crippen molar-refractivity contribution in [3.63, 3.8) is 0 Å². The van der Waals surface area contributed by atoms with Gasteiger partial charge in [0, 0.05) is 12.2 Å². The zero-order chi connectivity index (χ0) is 17.4. The molecule has 2 aromatic rings. The Morgan fingerprint density at radius 1 is 1.00 bits per heavy atom. The van der Waals surface area contributed by atoms with Crippen LogP contribution in [-0.2, 0) is 22.6 Å². The van der Waals surface area contributed by atoms with Crippen molar-refractivity contribution in [1.29, 1.82) is 5.26 Å². The average molecular weight is 321 g/mol. The summed E-state index contributed by atoms with van der Waals surface area (Å²) >= 11 is 0. The summed E-state index contributed by atoms with van der Waals surface area (Å²) in [6, 6.07) is 16.8. The van der Waals surface area contributed by atoms with Gasteiger partial charge in [0.25, 0.3) is 0 Å². The Bertz CT molecular complexity index is 778. The zero-order valence-electron chi connectivity index (χ0n) is 13.5. The molecule has 0 aromatic heterocycles. The molecule has 24 heavy (non-hydrogen) atoms. The van der Waals surface area contributed by atoms with E-state index in [1.165, 1.54) is 0 Å². The van der Waals surface area contributed by atoms with E-state index >= 15 is 0 Å². The Labute approximate surface area is 141 Å². The minimum Gasteiger partial charge on any atom is -0.352 e. The number of carbonyl (C=O) groups is 2. The van der Waals surface area contributed by atoms with E-state index in [0.29, 0.717) is 18.7 Å². The molecule has 5 nitrogen and oxygen atoms in total. The van der Waals surface area contributed by atoms with Crippen LogP contribution < -0.4 is 10.6 Å². The van der Waals surface area contributed by atoms with E-state index in [1.807, 2.05) is 49.4 Å². The molecule has 0 spiro atoms. The van der Waals surface area contributed by atoms with Gasteiger partial charge in [0.05, 0.1) is 12.5 Å². The number of nitrogens with zero attached hydrogens (tertiary/aromatic N) is 1. The lowest BCUT2D eigenvalue weighted by Gasteiger charge is -2.12. The fraction of sp³-hybridized carbons (Fsp3) is 0.211. The molecule has 2 aromatic carbocycles. The number of aryl methyl sites for hydroxylation is 1. The predicted octanol–water partition coefficient (Wildman–Crippen LogP) is 2.71. The molecule has 122 valence electrons. The second kappa shape index (κ2) is 8.49. The van der Waals surface area contributed by atoms with Crippen molar-refractivity contribution >= 4 is 17.5 Å². The quantitative estimate of drug-likeness (QED) is 0.858. The molecule has 0 aliphatic carbocycles. The Kier molecular flexibility index (Phi) is 6.09. The minimum atomic E-state index is -0.365. The Hall–Kier alpha value is -3.13. The third-order valence-corrected chi connectivity index (χ3v) is 3.62. The lowest BCUT2D eigenvalue weighted by atomic mass is 10.1. The van der Waals surface area contributed by atoms with E-state index in [4.69, 9.17) is 5.26 Å². The summed E-state index contributed by atoms with van der Waals surface area (Å²) in [5.41, 5.74) is 3.47. The van der Waals surface area contributed by atoms with Gasteiger partial charge in [0.15, 0.2) is 0 Å². The lowest BCUT2D eigenvalue weighted by Crippen LogP contribution is -2.25. The summed E-state index contributed by atoms with van der Waals surface area (Å²) in [5.74, 6) is -0.446. The summed E-state index contributed by atoms with van der Waals surface area (Å²) in [4.78, 5) is 23.7. The molecule has 0 radical (unpaired) electrons. The van der Waals surface area contributed by atoms with Gasteiger partial charge in [-0.1, -0.05) is 42.5 Å². The van der Waals surface area contributed by atoms with Crippen molar-refractivity contribution in [1.82, 2.24) is 5.32 Å². The molecule has 0 aliphatic heterocycles. The van der Waals surface area contributed by atoms with E-state index in [9.17, 15) is 9.59 Å². The van der Waals surface area contributed by atoms with Crippen LogP contribution in [0.3, 0.4) is 0 Å².